The Morgan fingerprint density at radius 3 is 2.62 bits per heavy atom. The Kier molecular flexibility index (Phi) is 6.65. The molecule has 1 aromatic rings. The Morgan fingerprint density at radius 2 is 2.08 bits per heavy atom. The maximum absolute atomic E-state index is 12.2. The lowest BCUT2D eigenvalue weighted by atomic mass is 9.99. The van der Waals surface area contributed by atoms with Gasteiger partial charge in [0, 0.05) is 12.5 Å². The number of methoxy groups -OCH3 is 1. The van der Waals surface area contributed by atoms with Crippen molar-refractivity contribution in [1.82, 2.24) is 20.1 Å². The fourth-order valence-electron chi connectivity index (χ4n) is 2.49. The first kappa shape index (κ1) is 18.8. The van der Waals surface area contributed by atoms with Gasteiger partial charge in [0.25, 0.3) is 0 Å². The summed E-state index contributed by atoms with van der Waals surface area (Å²) in [5.41, 5.74) is 0. The number of carbonyl (C=O) groups is 2. The largest absolute Gasteiger partial charge is 0.467 e. The minimum Gasteiger partial charge on any atom is -0.467 e. The van der Waals surface area contributed by atoms with Gasteiger partial charge in [-0.3, -0.25) is 4.79 Å². The molecule has 1 heterocycles. The van der Waals surface area contributed by atoms with Crippen LogP contribution in [0.25, 0.3) is 0 Å². The molecule has 134 valence electrons. The number of aromatic nitrogens is 3. The third-order valence-corrected chi connectivity index (χ3v) is 5.29. The lowest BCUT2D eigenvalue weighted by molar-refractivity contribution is -0.146. The smallest absolute Gasteiger partial charge is 0.328 e. The molecule has 0 spiro atoms. The van der Waals surface area contributed by atoms with Crippen LogP contribution >= 0.6 is 11.8 Å². The van der Waals surface area contributed by atoms with E-state index in [1.807, 2.05) is 13.8 Å². The molecule has 1 N–H and O–H groups in total. The molecule has 1 amide bonds. The van der Waals surface area contributed by atoms with Crippen molar-refractivity contribution < 1.29 is 14.3 Å². The Bertz CT molecular complexity index is 586. The van der Waals surface area contributed by atoms with Gasteiger partial charge in [-0.25, -0.2) is 4.79 Å². The molecule has 2 rings (SSSR count). The van der Waals surface area contributed by atoms with Crippen molar-refractivity contribution in [3.8, 4) is 0 Å². The summed E-state index contributed by atoms with van der Waals surface area (Å²) in [6.45, 7) is 6.74. The number of hydrogen-bond donors (Lipinski definition) is 1. The van der Waals surface area contributed by atoms with Gasteiger partial charge in [0.1, 0.15) is 11.9 Å². The molecule has 0 aliphatic heterocycles. The SMILES string of the molecule is CCC(C)C(NC(=O)CSc1nnc(C2CC2)n1CC)C(=O)OC. The summed E-state index contributed by atoms with van der Waals surface area (Å²) in [6, 6.07) is -0.612. The van der Waals surface area contributed by atoms with Crippen LogP contribution in [0.1, 0.15) is 51.8 Å². The predicted octanol–water partition coefficient (Wildman–Crippen LogP) is 1.97. The van der Waals surface area contributed by atoms with E-state index in [9.17, 15) is 9.59 Å². The highest BCUT2D eigenvalue weighted by Crippen LogP contribution is 2.39. The molecule has 2 unspecified atom stereocenters. The Morgan fingerprint density at radius 1 is 1.38 bits per heavy atom. The zero-order valence-electron chi connectivity index (χ0n) is 14.7. The van der Waals surface area contributed by atoms with Crippen LogP contribution < -0.4 is 5.32 Å². The van der Waals surface area contributed by atoms with Crippen LogP contribution in [0, 0.1) is 5.92 Å². The van der Waals surface area contributed by atoms with E-state index in [0.29, 0.717) is 5.92 Å². The standard InChI is InChI=1S/C16H26N4O3S/c1-5-10(3)13(15(22)23-4)17-12(21)9-24-16-19-18-14(11-7-8-11)20(16)6-2/h10-11,13H,5-9H2,1-4H3,(H,17,21). The van der Waals surface area contributed by atoms with Gasteiger partial charge in [-0.1, -0.05) is 32.0 Å². The number of esters is 1. The van der Waals surface area contributed by atoms with Gasteiger partial charge >= 0.3 is 5.97 Å². The van der Waals surface area contributed by atoms with Gasteiger partial charge in [0.2, 0.25) is 5.91 Å². The number of thioether (sulfide) groups is 1. The van der Waals surface area contributed by atoms with Gasteiger partial charge in [-0.15, -0.1) is 10.2 Å². The summed E-state index contributed by atoms with van der Waals surface area (Å²) in [4.78, 5) is 24.1. The zero-order valence-corrected chi connectivity index (χ0v) is 15.6. The van der Waals surface area contributed by atoms with Crippen molar-refractivity contribution in [3.63, 3.8) is 0 Å². The molecule has 1 aliphatic carbocycles. The van der Waals surface area contributed by atoms with E-state index >= 15 is 0 Å². The lowest BCUT2D eigenvalue weighted by Gasteiger charge is -2.21. The maximum Gasteiger partial charge on any atom is 0.328 e. The molecular weight excluding hydrogens is 328 g/mol. The monoisotopic (exact) mass is 354 g/mol. The molecule has 8 heteroatoms. The van der Waals surface area contributed by atoms with E-state index in [-0.39, 0.29) is 17.6 Å². The normalized spacial score (nSPS) is 16.5. The summed E-state index contributed by atoms with van der Waals surface area (Å²) >= 11 is 1.35. The fourth-order valence-corrected chi connectivity index (χ4v) is 3.31. The van der Waals surface area contributed by atoms with Crippen LogP contribution in [0.3, 0.4) is 0 Å². The molecule has 2 atom stereocenters. The van der Waals surface area contributed by atoms with Gasteiger partial charge in [-0.05, 0) is 25.7 Å². The summed E-state index contributed by atoms with van der Waals surface area (Å²) in [6.07, 6.45) is 3.11. The molecule has 0 bridgehead atoms. The summed E-state index contributed by atoms with van der Waals surface area (Å²) in [5.74, 6) is 1.16. The molecule has 1 aliphatic rings. The van der Waals surface area contributed by atoms with Crippen LogP contribution in [0.5, 0.6) is 0 Å². The first-order valence-electron chi connectivity index (χ1n) is 8.44. The zero-order chi connectivity index (χ0) is 17.7. The van der Waals surface area contributed by atoms with Crippen molar-refractivity contribution >= 4 is 23.6 Å². The van der Waals surface area contributed by atoms with Crippen molar-refractivity contribution in [1.29, 1.82) is 0 Å². The molecular formula is C16H26N4O3S. The van der Waals surface area contributed by atoms with Crippen LogP contribution in [0.15, 0.2) is 5.16 Å². The van der Waals surface area contributed by atoms with E-state index in [0.717, 1.165) is 23.9 Å². The van der Waals surface area contributed by atoms with E-state index in [1.165, 1.54) is 31.7 Å². The molecule has 1 fully saturated rings. The first-order valence-corrected chi connectivity index (χ1v) is 9.43. The maximum atomic E-state index is 12.2. The quantitative estimate of drug-likeness (QED) is 0.539. The highest BCUT2D eigenvalue weighted by molar-refractivity contribution is 7.99. The van der Waals surface area contributed by atoms with Gasteiger partial charge in [0.05, 0.1) is 12.9 Å². The number of nitrogens with one attached hydrogen (secondary N) is 1. The molecule has 0 saturated heterocycles. The molecule has 24 heavy (non-hydrogen) atoms. The van der Waals surface area contributed by atoms with E-state index in [4.69, 9.17) is 4.74 Å². The molecule has 0 radical (unpaired) electrons. The second kappa shape index (κ2) is 8.50. The van der Waals surface area contributed by atoms with Crippen molar-refractivity contribution in [3.05, 3.63) is 5.82 Å². The van der Waals surface area contributed by atoms with Crippen molar-refractivity contribution in [2.75, 3.05) is 12.9 Å². The summed E-state index contributed by atoms with van der Waals surface area (Å²) in [5, 5.41) is 12.0. The predicted molar refractivity (Wildman–Crippen MR) is 91.8 cm³/mol. The van der Waals surface area contributed by atoms with E-state index in [1.54, 1.807) is 0 Å². The van der Waals surface area contributed by atoms with Gasteiger partial charge in [0.15, 0.2) is 5.16 Å². The van der Waals surface area contributed by atoms with Crippen molar-refractivity contribution in [2.24, 2.45) is 5.92 Å². The topological polar surface area (TPSA) is 86.1 Å². The van der Waals surface area contributed by atoms with E-state index < -0.39 is 12.0 Å². The van der Waals surface area contributed by atoms with Gasteiger partial charge < -0.3 is 14.6 Å². The summed E-state index contributed by atoms with van der Waals surface area (Å²) < 4.78 is 6.86. The number of hydrogen-bond acceptors (Lipinski definition) is 6. The summed E-state index contributed by atoms with van der Waals surface area (Å²) in [7, 11) is 1.34. The number of ether oxygens (including phenoxy) is 1. The highest BCUT2D eigenvalue weighted by atomic mass is 32.2. The minimum absolute atomic E-state index is 0.0205. The lowest BCUT2D eigenvalue weighted by Crippen LogP contribution is -2.46. The Labute approximate surface area is 146 Å². The molecule has 7 nitrogen and oxygen atoms in total. The van der Waals surface area contributed by atoms with Crippen molar-refractivity contribution in [2.45, 2.75) is 63.7 Å². The second-order valence-corrected chi connectivity index (χ2v) is 7.04. The fraction of sp³-hybridized carbons (Fsp3) is 0.750. The second-order valence-electron chi connectivity index (χ2n) is 6.10. The number of carbonyl (C=O) groups excluding carboxylic acids is 2. The van der Waals surface area contributed by atoms with Crippen LogP contribution in [-0.4, -0.2) is 45.5 Å². The van der Waals surface area contributed by atoms with Gasteiger partial charge in [-0.2, -0.15) is 0 Å². The van der Waals surface area contributed by atoms with Crippen LogP contribution in [0.4, 0.5) is 0 Å². The highest BCUT2D eigenvalue weighted by Gasteiger charge is 2.30. The molecule has 1 saturated carbocycles. The van der Waals surface area contributed by atoms with Crippen LogP contribution in [-0.2, 0) is 20.9 Å². The third-order valence-electron chi connectivity index (χ3n) is 4.32. The number of amides is 1. The third kappa shape index (κ3) is 4.49. The molecule has 0 aromatic carbocycles. The first-order chi connectivity index (χ1) is 11.5. The average Bonchev–Trinajstić information content (AvgIpc) is 3.36. The number of rotatable bonds is 9. The minimum atomic E-state index is -0.612. The Balaban J connectivity index is 1.93. The average molecular weight is 354 g/mol. The number of nitrogens with zero attached hydrogens (tertiary/aromatic N) is 3. The Hall–Kier alpha value is -1.57. The molecule has 1 aromatic heterocycles. The van der Waals surface area contributed by atoms with Crippen LogP contribution in [0.2, 0.25) is 0 Å². The van der Waals surface area contributed by atoms with E-state index in [2.05, 4.69) is 27.0 Å².